The number of anilines is 1. The Kier molecular flexibility index (Phi) is 7.93. The van der Waals surface area contributed by atoms with Gasteiger partial charge in [-0.25, -0.2) is 13.4 Å². The van der Waals surface area contributed by atoms with E-state index in [1.807, 2.05) is 18.2 Å². The van der Waals surface area contributed by atoms with Gasteiger partial charge in [0.05, 0.1) is 18.6 Å². The molecule has 2 fully saturated rings. The molecule has 10 heteroatoms. The van der Waals surface area contributed by atoms with Crippen molar-refractivity contribution >= 4 is 21.7 Å². The molecule has 35 heavy (non-hydrogen) atoms. The number of carbonyl (C=O) groups excluding carboxylic acids is 1. The van der Waals surface area contributed by atoms with E-state index in [2.05, 4.69) is 9.88 Å². The van der Waals surface area contributed by atoms with Gasteiger partial charge < -0.3 is 19.3 Å². The maximum atomic E-state index is 13.5. The highest BCUT2D eigenvalue weighted by atomic mass is 32.2. The molecule has 1 unspecified atom stereocenters. The Hall–Kier alpha value is -2.69. The smallest absolute Gasteiger partial charge is 0.248 e. The summed E-state index contributed by atoms with van der Waals surface area (Å²) in [5.41, 5.74) is 1.32. The molecule has 2 aliphatic rings. The molecule has 1 aromatic heterocycles. The molecule has 0 bridgehead atoms. The maximum absolute atomic E-state index is 13.5. The van der Waals surface area contributed by atoms with E-state index in [9.17, 15) is 13.2 Å². The van der Waals surface area contributed by atoms with E-state index in [1.165, 1.54) is 4.31 Å². The average molecular weight is 503 g/mol. The van der Waals surface area contributed by atoms with Crippen LogP contribution >= 0.6 is 0 Å². The van der Waals surface area contributed by atoms with Crippen LogP contribution in [0.5, 0.6) is 5.75 Å². The highest BCUT2D eigenvalue weighted by Crippen LogP contribution is 2.32. The fourth-order valence-corrected chi connectivity index (χ4v) is 7.04. The zero-order valence-corrected chi connectivity index (χ0v) is 21.5. The Morgan fingerprint density at radius 2 is 1.80 bits per heavy atom. The van der Waals surface area contributed by atoms with E-state index >= 15 is 0 Å². The highest BCUT2D eigenvalue weighted by molar-refractivity contribution is 7.89. The summed E-state index contributed by atoms with van der Waals surface area (Å²) in [5.74, 6) is 1.49. The van der Waals surface area contributed by atoms with Crippen molar-refractivity contribution in [3.63, 3.8) is 0 Å². The van der Waals surface area contributed by atoms with Gasteiger partial charge in [0.1, 0.15) is 18.2 Å². The van der Waals surface area contributed by atoms with Crippen LogP contribution in [0.3, 0.4) is 0 Å². The predicted molar refractivity (Wildman–Crippen MR) is 133 cm³/mol. The summed E-state index contributed by atoms with van der Waals surface area (Å²) < 4.78 is 39.6. The lowest BCUT2D eigenvalue weighted by molar-refractivity contribution is -0.136. The molecule has 0 saturated carbocycles. The zero-order valence-electron chi connectivity index (χ0n) is 20.6. The van der Waals surface area contributed by atoms with Crippen molar-refractivity contribution in [2.24, 2.45) is 0 Å². The number of hydrogen-bond acceptors (Lipinski definition) is 7. The minimum Gasteiger partial charge on any atom is -0.497 e. The summed E-state index contributed by atoms with van der Waals surface area (Å²) in [4.78, 5) is 21.3. The third kappa shape index (κ3) is 5.60. The van der Waals surface area contributed by atoms with Gasteiger partial charge in [0, 0.05) is 45.0 Å². The molecule has 2 saturated heterocycles. The van der Waals surface area contributed by atoms with Gasteiger partial charge >= 0.3 is 0 Å². The van der Waals surface area contributed by atoms with Crippen LogP contribution in [0.15, 0.2) is 41.4 Å². The number of aromatic nitrogens is 1. The second kappa shape index (κ2) is 10.9. The fourth-order valence-electron chi connectivity index (χ4n) is 4.94. The van der Waals surface area contributed by atoms with Crippen molar-refractivity contribution in [1.29, 1.82) is 0 Å². The average Bonchev–Trinajstić information content (AvgIpc) is 3.33. The van der Waals surface area contributed by atoms with Gasteiger partial charge in [0.15, 0.2) is 0 Å². The number of aryl methyl sites for hydroxylation is 2. The van der Waals surface area contributed by atoms with Crippen molar-refractivity contribution in [1.82, 2.24) is 14.2 Å². The molecule has 190 valence electrons. The molecule has 1 amide bonds. The standard InChI is InChI=1S/C25H34N4O5S/c1-19-15-22(33-3)16-20(2)25(19)35(31,32)29-10-6-7-21(29)17-34-18-24(30)28-13-11-27(12-14-28)23-8-4-5-9-26-23/h4-5,8-9,15-16,21H,6-7,10-14,17-18H2,1-3H3. The minimum atomic E-state index is -3.69. The van der Waals surface area contributed by atoms with Crippen molar-refractivity contribution in [3.05, 3.63) is 47.7 Å². The van der Waals surface area contributed by atoms with Gasteiger partial charge in [-0.15, -0.1) is 0 Å². The number of benzene rings is 1. The van der Waals surface area contributed by atoms with Crippen LogP contribution in [0, 0.1) is 13.8 Å². The van der Waals surface area contributed by atoms with E-state index in [0.717, 1.165) is 25.3 Å². The zero-order chi connectivity index (χ0) is 25.0. The number of piperazine rings is 1. The Bertz CT molecular complexity index is 1110. The molecule has 4 rings (SSSR count). The molecular formula is C25H34N4O5S. The van der Waals surface area contributed by atoms with E-state index in [4.69, 9.17) is 9.47 Å². The number of ether oxygens (including phenoxy) is 2. The molecule has 1 aromatic carbocycles. The third-order valence-corrected chi connectivity index (χ3v) is 8.96. The van der Waals surface area contributed by atoms with Crippen molar-refractivity contribution in [2.75, 3.05) is 57.9 Å². The monoisotopic (exact) mass is 502 g/mol. The summed E-state index contributed by atoms with van der Waals surface area (Å²) in [6.07, 6.45) is 3.25. The first-order chi connectivity index (χ1) is 16.8. The number of hydrogen-bond donors (Lipinski definition) is 0. The number of methoxy groups -OCH3 is 1. The lowest BCUT2D eigenvalue weighted by atomic mass is 10.1. The van der Waals surface area contributed by atoms with E-state index < -0.39 is 10.0 Å². The quantitative estimate of drug-likeness (QED) is 0.547. The number of amides is 1. The van der Waals surface area contributed by atoms with Crippen LogP contribution in [-0.4, -0.2) is 87.6 Å². The van der Waals surface area contributed by atoms with Gasteiger partial charge in [-0.2, -0.15) is 4.31 Å². The molecule has 0 aliphatic carbocycles. The Morgan fingerprint density at radius 1 is 1.09 bits per heavy atom. The Labute approximate surface area is 207 Å². The normalized spacial score (nSPS) is 19.2. The first kappa shape index (κ1) is 25.4. The van der Waals surface area contributed by atoms with Gasteiger partial charge in [0.2, 0.25) is 15.9 Å². The van der Waals surface area contributed by atoms with Gasteiger partial charge in [0.25, 0.3) is 0 Å². The van der Waals surface area contributed by atoms with Crippen molar-refractivity contribution in [2.45, 2.75) is 37.6 Å². The second-order valence-electron chi connectivity index (χ2n) is 9.07. The number of rotatable bonds is 8. The predicted octanol–water partition coefficient (Wildman–Crippen LogP) is 2.23. The molecule has 2 aliphatic heterocycles. The number of carbonyl (C=O) groups is 1. The van der Waals surface area contributed by atoms with Gasteiger partial charge in [-0.1, -0.05) is 6.07 Å². The second-order valence-corrected chi connectivity index (χ2v) is 10.9. The van der Waals surface area contributed by atoms with Gasteiger partial charge in [-0.3, -0.25) is 4.79 Å². The summed E-state index contributed by atoms with van der Waals surface area (Å²) in [7, 11) is -2.12. The largest absolute Gasteiger partial charge is 0.497 e. The van der Waals surface area contributed by atoms with Crippen LogP contribution in [0.2, 0.25) is 0 Å². The van der Waals surface area contributed by atoms with Crippen LogP contribution in [-0.2, 0) is 19.6 Å². The lowest BCUT2D eigenvalue weighted by Gasteiger charge is -2.35. The molecule has 3 heterocycles. The molecule has 0 spiro atoms. The Balaban J connectivity index is 1.31. The molecule has 2 aromatic rings. The summed E-state index contributed by atoms with van der Waals surface area (Å²) >= 11 is 0. The van der Waals surface area contributed by atoms with Crippen LogP contribution in [0.25, 0.3) is 0 Å². The molecule has 0 N–H and O–H groups in total. The van der Waals surface area contributed by atoms with Gasteiger partial charge in [-0.05, 0) is 62.1 Å². The number of pyridine rings is 1. The van der Waals surface area contributed by atoms with E-state index in [1.54, 1.807) is 44.2 Å². The maximum Gasteiger partial charge on any atom is 0.248 e. The summed E-state index contributed by atoms with van der Waals surface area (Å²) in [5, 5.41) is 0. The van der Waals surface area contributed by atoms with Crippen LogP contribution in [0.1, 0.15) is 24.0 Å². The SMILES string of the molecule is COc1cc(C)c(S(=O)(=O)N2CCCC2COCC(=O)N2CCN(c3ccccn3)CC2)c(C)c1. The van der Waals surface area contributed by atoms with E-state index in [-0.39, 0.29) is 25.2 Å². The lowest BCUT2D eigenvalue weighted by Crippen LogP contribution is -2.50. The molecular weight excluding hydrogens is 468 g/mol. The molecule has 0 radical (unpaired) electrons. The Morgan fingerprint density at radius 3 is 2.43 bits per heavy atom. The fraction of sp³-hybridized carbons (Fsp3) is 0.520. The molecule has 9 nitrogen and oxygen atoms in total. The van der Waals surface area contributed by atoms with Crippen molar-refractivity contribution in [3.8, 4) is 5.75 Å². The number of nitrogens with zero attached hydrogens (tertiary/aromatic N) is 4. The number of sulfonamides is 1. The summed E-state index contributed by atoms with van der Waals surface area (Å²) in [6.45, 7) is 6.84. The van der Waals surface area contributed by atoms with Crippen LogP contribution in [0.4, 0.5) is 5.82 Å². The first-order valence-electron chi connectivity index (χ1n) is 12.0. The van der Waals surface area contributed by atoms with Crippen molar-refractivity contribution < 1.29 is 22.7 Å². The van der Waals surface area contributed by atoms with E-state index in [0.29, 0.717) is 47.8 Å². The van der Waals surface area contributed by atoms with Crippen LogP contribution < -0.4 is 9.64 Å². The molecule has 1 atom stereocenters. The third-order valence-electron chi connectivity index (χ3n) is 6.70. The minimum absolute atomic E-state index is 0.0471. The first-order valence-corrected chi connectivity index (χ1v) is 13.4. The summed E-state index contributed by atoms with van der Waals surface area (Å²) in [6, 6.07) is 9.02. The topological polar surface area (TPSA) is 92.3 Å². The highest BCUT2D eigenvalue weighted by Gasteiger charge is 2.37.